The Labute approximate surface area is 138 Å². The highest BCUT2D eigenvalue weighted by atomic mass is 19.4. The first-order valence-corrected chi connectivity index (χ1v) is 7.75. The molecule has 1 atom stereocenters. The van der Waals surface area contributed by atoms with Gasteiger partial charge in [-0.1, -0.05) is 0 Å². The number of anilines is 2. The topological polar surface area (TPSA) is 79.8 Å². The van der Waals surface area contributed by atoms with Crippen molar-refractivity contribution < 1.29 is 18.0 Å². The van der Waals surface area contributed by atoms with E-state index in [2.05, 4.69) is 25.6 Å². The van der Waals surface area contributed by atoms with E-state index in [0.717, 1.165) is 6.92 Å². The van der Waals surface area contributed by atoms with E-state index >= 15 is 0 Å². The Morgan fingerprint density at radius 2 is 1.67 bits per heavy atom. The fourth-order valence-electron chi connectivity index (χ4n) is 2.15. The maximum absolute atomic E-state index is 12.7. The molecule has 0 saturated carbocycles. The van der Waals surface area contributed by atoms with Crippen molar-refractivity contribution in [3.63, 3.8) is 0 Å². The van der Waals surface area contributed by atoms with Gasteiger partial charge in [0.1, 0.15) is 6.04 Å². The van der Waals surface area contributed by atoms with Crippen molar-refractivity contribution in [1.82, 2.24) is 15.0 Å². The zero-order chi connectivity index (χ0) is 17.9. The zero-order valence-electron chi connectivity index (χ0n) is 13.7. The molecule has 0 saturated heterocycles. The minimum atomic E-state index is -4.42. The van der Waals surface area contributed by atoms with Crippen LogP contribution in [0.1, 0.15) is 45.9 Å². The molecule has 9 heteroatoms. The Bertz CT molecular complexity index is 642. The van der Waals surface area contributed by atoms with Gasteiger partial charge in [0, 0.05) is 18.0 Å². The van der Waals surface area contributed by atoms with Gasteiger partial charge in [-0.15, -0.1) is 0 Å². The van der Waals surface area contributed by atoms with Crippen LogP contribution in [0.2, 0.25) is 0 Å². The Morgan fingerprint density at radius 3 is 2.21 bits per heavy atom. The first kappa shape index (κ1) is 18.2. The molecule has 0 aliphatic heterocycles. The second-order valence-corrected chi connectivity index (χ2v) is 6.00. The van der Waals surface area contributed by atoms with Crippen LogP contribution in [0, 0.1) is 0 Å². The molecule has 2 N–H and O–H groups in total. The number of hydrogen-bond acceptors (Lipinski definition) is 6. The number of halogens is 3. The average molecular weight is 343 g/mol. The number of nitrogens with one attached hydrogen (secondary N) is 2. The molecule has 24 heavy (non-hydrogen) atoms. The maximum atomic E-state index is 12.7. The summed E-state index contributed by atoms with van der Waals surface area (Å²) in [6.07, 6.45) is -1.23. The maximum Gasteiger partial charge on any atom is 0.408 e. The molecule has 1 aromatic heterocycles. The monoisotopic (exact) mass is 343 g/mol. The molecule has 0 spiro atoms. The standard InChI is InChI=1S/C15H20F3N5O/c1-8(2)19-13-21-12(10-5-4-6-11(24)7-10)22-14(23-13)20-9(3)15(16,17)18/h7-9H,4-6H2,1-3H3,(H2,19,20,21,22,23). The van der Waals surface area contributed by atoms with Crippen LogP contribution in [0.4, 0.5) is 25.1 Å². The smallest absolute Gasteiger partial charge is 0.352 e. The third-order valence-electron chi connectivity index (χ3n) is 3.38. The number of alkyl halides is 3. The molecule has 1 unspecified atom stereocenters. The van der Waals surface area contributed by atoms with E-state index in [1.807, 2.05) is 13.8 Å². The lowest BCUT2D eigenvalue weighted by molar-refractivity contribution is -0.138. The van der Waals surface area contributed by atoms with Gasteiger partial charge in [0.05, 0.1) is 0 Å². The average Bonchev–Trinajstić information content (AvgIpc) is 2.45. The van der Waals surface area contributed by atoms with E-state index < -0.39 is 12.2 Å². The molecule has 1 aliphatic rings. The highest BCUT2D eigenvalue weighted by molar-refractivity contribution is 5.97. The first-order chi connectivity index (χ1) is 11.1. The van der Waals surface area contributed by atoms with E-state index in [1.165, 1.54) is 6.08 Å². The minimum Gasteiger partial charge on any atom is -0.352 e. The zero-order valence-corrected chi connectivity index (χ0v) is 13.7. The van der Waals surface area contributed by atoms with Crippen LogP contribution in [-0.2, 0) is 4.79 Å². The summed E-state index contributed by atoms with van der Waals surface area (Å²) >= 11 is 0. The predicted octanol–water partition coefficient (Wildman–Crippen LogP) is 3.19. The van der Waals surface area contributed by atoms with Gasteiger partial charge in [0.25, 0.3) is 0 Å². The van der Waals surface area contributed by atoms with Crippen molar-refractivity contribution in [1.29, 1.82) is 0 Å². The van der Waals surface area contributed by atoms with Crippen molar-refractivity contribution in [3.8, 4) is 0 Å². The van der Waals surface area contributed by atoms with Gasteiger partial charge in [-0.05, 0) is 39.7 Å². The third-order valence-corrected chi connectivity index (χ3v) is 3.38. The first-order valence-electron chi connectivity index (χ1n) is 7.75. The molecule has 0 radical (unpaired) electrons. The van der Waals surface area contributed by atoms with Gasteiger partial charge in [-0.25, -0.2) is 0 Å². The highest BCUT2D eigenvalue weighted by Crippen LogP contribution is 2.26. The number of carbonyl (C=O) groups is 1. The number of rotatable bonds is 5. The molecular weight excluding hydrogens is 323 g/mol. The van der Waals surface area contributed by atoms with Crippen LogP contribution in [0.3, 0.4) is 0 Å². The number of ketones is 1. The Morgan fingerprint density at radius 1 is 1.04 bits per heavy atom. The van der Waals surface area contributed by atoms with Crippen LogP contribution in [0.5, 0.6) is 0 Å². The molecule has 132 valence electrons. The van der Waals surface area contributed by atoms with Crippen molar-refractivity contribution in [3.05, 3.63) is 11.9 Å². The van der Waals surface area contributed by atoms with E-state index in [9.17, 15) is 18.0 Å². The molecule has 1 aliphatic carbocycles. The van der Waals surface area contributed by atoms with E-state index in [1.54, 1.807) is 0 Å². The Kier molecular flexibility index (Phi) is 5.40. The molecule has 1 heterocycles. The van der Waals surface area contributed by atoms with Crippen LogP contribution in [-0.4, -0.2) is 39.0 Å². The molecule has 0 fully saturated rings. The summed E-state index contributed by atoms with van der Waals surface area (Å²) in [4.78, 5) is 23.8. The lowest BCUT2D eigenvalue weighted by Gasteiger charge is -2.19. The molecule has 0 amide bonds. The fourth-order valence-corrected chi connectivity index (χ4v) is 2.15. The van der Waals surface area contributed by atoms with Crippen LogP contribution in [0.25, 0.3) is 5.57 Å². The lowest BCUT2D eigenvalue weighted by Crippen LogP contribution is -2.34. The summed E-state index contributed by atoms with van der Waals surface area (Å²) < 4.78 is 38.2. The number of carbonyl (C=O) groups excluding carboxylic acids is 1. The summed E-state index contributed by atoms with van der Waals surface area (Å²) in [5, 5.41) is 5.20. The third kappa shape index (κ3) is 4.90. The van der Waals surface area contributed by atoms with Crippen molar-refractivity contribution in [2.75, 3.05) is 10.6 Å². The second-order valence-electron chi connectivity index (χ2n) is 6.00. The molecule has 0 aromatic carbocycles. The van der Waals surface area contributed by atoms with Gasteiger partial charge in [-0.2, -0.15) is 28.1 Å². The number of hydrogen-bond donors (Lipinski definition) is 2. The van der Waals surface area contributed by atoms with Crippen molar-refractivity contribution in [2.24, 2.45) is 0 Å². The number of allylic oxidation sites excluding steroid dienone is 2. The van der Waals surface area contributed by atoms with Crippen LogP contribution < -0.4 is 10.6 Å². The predicted molar refractivity (Wildman–Crippen MR) is 84.6 cm³/mol. The normalized spacial score (nSPS) is 16.8. The highest BCUT2D eigenvalue weighted by Gasteiger charge is 2.36. The summed E-state index contributed by atoms with van der Waals surface area (Å²) in [6.45, 7) is 4.71. The summed E-state index contributed by atoms with van der Waals surface area (Å²) in [7, 11) is 0. The van der Waals surface area contributed by atoms with Crippen LogP contribution >= 0.6 is 0 Å². The van der Waals surface area contributed by atoms with Crippen molar-refractivity contribution >= 4 is 23.3 Å². The van der Waals surface area contributed by atoms with Gasteiger partial charge >= 0.3 is 6.18 Å². The Hall–Kier alpha value is -2.19. The SMILES string of the molecule is CC(C)Nc1nc(NC(C)C(F)(F)F)nc(C2=CC(=O)CCC2)n1. The summed E-state index contributed by atoms with van der Waals surface area (Å²) in [5.74, 6) is 0.184. The van der Waals surface area contributed by atoms with Crippen molar-refractivity contribution in [2.45, 2.75) is 58.3 Å². The quantitative estimate of drug-likeness (QED) is 0.855. The number of nitrogens with zero attached hydrogens (tertiary/aromatic N) is 3. The largest absolute Gasteiger partial charge is 0.408 e. The van der Waals surface area contributed by atoms with Gasteiger partial charge in [0.15, 0.2) is 11.6 Å². The van der Waals surface area contributed by atoms with E-state index in [-0.39, 0.29) is 29.5 Å². The molecule has 0 bridgehead atoms. The van der Waals surface area contributed by atoms with Gasteiger partial charge in [-0.3, -0.25) is 4.79 Å². The molecule has 6 nitrogen and oxygen atoms in total. The molecule has 2 rings (SSSR count). The van der Waals surface area contributed by atoms with E-state index in [0.29, 0.717) is 24.8 Å². The van der Waals surface area contributed by atoms with E-state index in [4.69, 9.17) is 0 Å². The number of aromatic nitrogens is 3. The molecular formula is C15H20F3N5O. The Balaban J connectivity index is 2.36. The molecule has 1 aromatic rings. The summed E-state index contributed by atoms with van der Waals surface area (Å²) in [5.41, 5.74) is 0.614. The summed E-state index contributed by atoms with van der Waals surface area (Å²) in [6, 6.07) is -1.81. The van der Waals surface area contributed by atoms with Crippen LogP contribution in [0.15, 0.2) is 6.08 Å². The minimum absolute atomic E-state index is 0.00453. The van der Waals surface area contributed by atoms with Gasteiger partial charge < -0.3 is 10.6 Å². The fraction of sp³-hybridized carbons (Fsp3) is 0.600. The lowest BCUT2D eigenvalue weighted by atomic mass is 9.98. The second kappa shape index (κ2) is 7.14. The van der Waals surface area contributed by atoms with Gasteiger partial charge in [0.2, 0.25) is 11.9 Å².